The first-order valence-corrected chi connectivity index (χ1v) is 9.72. The minimum absolute atomic E-state index is 0.754. The fraction of sp³-hybridized carbons (Fsp3) is 0.611. The van der Waals surface area contributed by atoms with Gasteiger partial charge in [-0.1, -0.05) is 18.6 Å². The summed E-state index contributed by atoms with van der Waals surface area (Å²) in [5.41, 5.74) is 0. The molecule has 1 N–H and O–H groups in total. The van der Waals surface area contributed by atoms with E-state index < -0.39 is 0 Å². The highest BCUT2D eigenvalue weighted by Crippen LogP contribution is 2.29. The van der Waals surface area contributed by atoms with E-state index in [9.17, 15) is 0 Å². The highest BCUT2D eigenvalue weighted by atomic mass is 32.1. The number of aromatic nitrogens is 1. The van der Waals surface area contributed by atoms with Crippen LogP contribution in [0.5, 0.6) is 0 Å². The van der Waals surface area contributed by atoms with Crippen LogP contribution >= 0.6 is 11.5 Å². The first-order chi connectivity index (χ1) is 11.4. The van der Waals surface area contributed by atoms with Crippen LogP contribution in [0.1, 0.15) is 25.7 Å². The van der Waals surface area contributed by atoms with Crippen LogP contribution in [-0.4, -0.2) is 54.6 Å². The molecule has 0 saturated carbocycles. The molecule has 2 saturated heterocycles. The molecule has 2 aliphatic heterocycles. The third-order valence-electron chi connectivity index (χ3n) is 5.24. The lowest BCUT2D eigenvalue weighted by Crippen LogP contribution is -2.48. The van der Waals surface area contributed by atoms with Gasteiger partial charge in [0.25, 0.3) is 0 Å². The number of rotatable bonds is 4. The van der Waals surface area contributed by atoms with Gasteiger partial charge in [0.05, 0.1) is 4.70 Å². The van der Waals surface area contributed by atoms with E-state index in [1.54, 1.807) is 11.5 Å². The van der Waals surface area contributed by atoms with Crippen molar-refractivity contribution in [1.29, 1.82) is 0 Å². The Hall–Kier alpha value is -1.17. The highest BCUT2D eigenvalue weighted by Gasteiger charge is 2.21. The molecule has 3 heterocycles. The number of hydrogen-bond acceptors (Lipinski definition) is 5. The molecule has 0 radical (unpaired) electrons. The Morgan fingerprint density at radius 3 is 2.83 bits per heavy atom. The molecular formula is C18H26N4S. The van der Waals surface area contributed by atoms with Crippen LogP contribution in [0.3, 0.4) is 0 Å². The Kier molecular flexibility index (Phi) is 4.78. The summed E-state index contributed by atoms with van der Waals surface area (Å²) < 4.78 is 6.00. The van der Waals surface area contributed by atoms with Gasteiger partial charge < -0.3 is 10.2 Å². The van der Waals surface area contributed by atoms with Gasteiger partial charge in [0.2, 0.25) is 0 Å². The molecule has 4 rings (SSSR count). The molecule has 2 aliphatic rings. The summed E-state index contributed by atoms with van der Waals surface area (Å²) in [6.45, 7) is 6.99. The van der Waals surface area contributed by atoms with Crippen LogP contribution in [0.15, 0.2) is 24.3 Å². The summed E-state index contributed by atoms with van der Waals surface area (Å²) in [6.07, 6.45) is 5.43. The van der Waals surface area contributed by atoms with Gasteiger partial charge in [-0.05, 0) is 56.0 Å². The smallest absolute Gasteiger partial charge is 0.150 e. The minimum atomic E-state index is 0.754. The number of piperidine rings is 1. The van der Waals surface area contributed by atoms with Crippen LogP contribution in [0.4, 0.5) is 5.82 Å². The zero-order valence-electron chi connectivity index (χ0n) is 13.7. The van der Waals surface area contributed by atoms with Gasteiger partial charge in [-0.25, -0.2) is 0 Å². The van der Waals surface area contributed by atoms with E-state index in [1.807, 2.05) is 0 Å². The van der Waals surface area contributed by atoms with E-state index >= 15 is 0 Å². The summed E-state index contributed by atoms with van der Waals surface area (Å²) in [4.78, 5) is 5.09. The van der Waals surface area contributed by atoms with E-state index in [0.717, 1.165) is 19.1 Å². The van der Waals surface area contributed by atoms with Crippen LogP contribution in [0.2, 0.25) is 0 Å². The minimum Gasteiger partial charge on any atom is -0.353 e. The molecule has 5 heteroatoms. The van der Waals surface area contributed by atoms with Gasteiger partial charge in [0.1, 0.15) is 5.82 Å². The lowest BCUT2D eigenvalue weighted by molar-refractivity contribution is 0.234. The monoisotopic (exact) mass is 330 g/mol. The fourth-order valence-electron chi connectivity index (χ4n) is 3.79. The summed E-state index contributed by atoms with van der Waals surface area (Å²) in [5.74, 6) is 1.19. The molecule has 1 aromatic carbocycles. The van der Waals surface area contributed by atoms with Crippen LogP contribution in [0.25, 0.3) is 10.1 Å². The van der Waals surface area contributed by atoms with Crippen molar-refractivity contribution < 1.29 is 0 Å². The van der Waals surface area contributed by atoms with Crippen molar-refractivity contribution in [1.82, 2.24) is 14.6 Å². The van der Waals surface area contributed by atoms with Crippen molar-refractivity contribution in [3.63, 3.8) is 0 Å². The van der Waals surface area contributed by atoms with E-state index in [4.69, 9.17) is 4.37 Å². The summed E-state index contributed by atoms with van der Waals surface area (Å²) in [5, 5.41) is 4.98. The first-order valence-electron chi connectivity index (χ1n) is 8.95. The van der Waals surface area contributed by atoms with Crippen LogP contribution < -0.4 is 10.2 Å². The molecule has 0 amide bonds. The van der Waals surface area contributed by atoms with Crippen molar-refractivity contribution >= 4 is 27.4 Å². The van der Waals surface area contributed by atoms with Gasteiger partial charge in [-0.15, -0.1) is 0 Å². The van der Waals surface area contributed by atoms with E-state index in [1.165, 1.54) is 67.8 Å². The third-order valence-corrected chi connectivity index (χ3v) is 6.05. The second-order valence-electron chi connectivity index (χ2n) is 6.77. The fourth-order valence-corrected chi connectivity index (χ4v) is 4.59. The molecule has 4 nitrogen and oxygen atoms in total. The Balaban J connectivity index is 1.30. The van der Waals surface area contributed by atoms with Gasteiger partial charge in [0, 0.05) is 37.6 Å². The number of nitrogens with zero attached hydrogens (tertiary/aromatic N) is 3. The van der Waals surface area contributed by atoms with Crippen molar-refractivity contribution in [3.8, 4) is 0 Å². The SMILES string of the molecule is c1ccc2c(N3CCN(CC[C@@H]4CCCCN4)CC3)nsc2c1. The second-order valence-corrected chi connectivity index (χ2v) is 7.57. The molecule has 1 atom stereocenters. The summed E-state index contributed by atoms with van der Waals surface area (Å²) in [7, 11) is 0. The topological polar surface area (TPSA) is 31.4 Å². The van der Waals surface area contributed by atoms with Gasteiger partial charge in [0.15, 0.2) is 0 Å². The normalized spacial score (nSPS) is 23.5. The highest BCUT2D eigenvalue weighted by molar-refractivity contribution is 7.13. The molecule has 2 fully saturated rings. The second kappa shape index (κ2) is 7.16. The maximum atomic E-state index is 4.70. The summed E-state index contributed by atoms with van der Waals surface area (Å²) in [6, 6.07) is 9.35. The average molecular weight is 331 g/mol. The quantitative estimate of drug-likeness (QED) is 0.934. The van der Waals surface area contributed by atoms with Gasteiger partial charge in [-0.2, -0.15) is 4.37 Å². The number of piperazine rings is 1. The van der Waals surface area contributed by atoms with E-state index in [2.05, 4.69) is 39.4 Å². The Bertz CT molecular complexity index is 627. The largest absolute Gasteiger partial charge is 0.353 e. The zero-order valence-corrected chi connectivity index (χ0v) is 14.5. The maximum Gasteiger partial charge on any atom is 0.150 e. The molecule has 0 bridgehead atoms. The van der Waals surface area contributed by atoms with E-state index in [-0.39, 0.29) is 0 Å². The predicted molar refractivity (Wildman–Crippen MR) is 98.5 cm³/mol. The molecule has 0 aliphatic carbocycles. The number of benzene rings is 1. The number of hydrogen-bond donors (Lipinski definition) is 1. The van der Waals surface area contributed by atoms with Gasteiger partial charge >= 0.3 is 0 Å². The Labute approximate surface area is 142 Å². The van der Waals surface area contributed by atoms with Crippen molar-refractivity contribution in [2.45, 2.75) is 31.7 Å². The van der Waals surface area contributed by atoms with Crippen LogP contribution in [0, 0.1) is 0 Å². The standard InChI is InChI=1S/C18H26N4S/c1-2-7-17-16(6-1)18(20-23-17)22-13-11-21(12-14-22)10-8-15-5-3-4-9-19-15/h1-2,6-7,15,19H,3-5,8-14H2/t15-/m0/s1. The lowest BCUT2D eigenvalue weighted by Gasteiger charge is -2.36. The molecule has 23 heavy (non-hydrogen) atoms. The molecule has 2 aromatic rings. The molecule has 0 spiro atoms. The van der Waals surface area contributed by atoms with Crippen molar-refractivity contribution in [2.75, 3.05) is 44.2 Å². The molecule has 124 valence electrons. The summed E-state index contributed by atoms with van der Waals surface area (Å²) >= 11 is 1.62. The maximum absolute atomic E-state index is 4.70. The van der Waals surface area contributed by atoms with Crippen molar-refractivity contribution in [2.24, 2.45) is 0 Å². The Morgan fingerprint density at radius 2 is 2.00 bits per heavy atom. The molecule has 1 aromatic heterocycles. The van der Waals surface area contributed by atoms with Gasteiger partial charge in [-0.3, -0.25) is 4.90 Å². The average Bonchev–Trinajstić information content (AvgIpc) is 3.05. The number of fused-ring (bicyclic) bond motifs is 1. The molecular weight excluding hydrogens is 304 g/mol. The third kappa shape index (κ3) is 3.52. The zero-order chi connectivity index (χ0) is 15.5. The predicted octanol–water partition coefficient (Wildman–Crippen LogP) is 2.95. The molecule has 0 unspecified atom stereocenters. The van der Waals surface area contributed by atoms with Crippen molar-refractivity contribution in [3.05, 3.63) is 24.3 Å². The number of anilines is 1. The lowest BCUT2D eigenvalue weighted by atomic mass is 10.0. The van der Waals surface area contributed by atoms with Crippen LogP contribution in [-0.2, 0) is 0 Å². The Morgan fingerprint density at radius 1 is 1.13 bits per heavy atom. The first kappa shape index (κ1) is 15.4. The number of nitrogens with one attached hydrogen (secondary N) is 1. The van der Waals surface area contributed by atoms with E-state index in [0.29, 0.717) is 0 Å².